The third-order valence-corrected chi connectivity index (χ3v) is 7.72. The molecule has 11 heteroatoms. The lowest BCUT2D eigenvalue weighted by molar-refractivity contribution is 0.0852. The third-order valence-electron chi connectivity index (χ3n) is 3.94. The lowest BCUT2D eigenvalue weighted by Crippen LogP contribution is -2.43. The lowest BCUT2D eigenvalue weighted by atomic mass is 10.0. The number of rotatable bonds is 8. The van der Waals surface area contributed by atoms with Crippen molar-refractivity contribution >= 4 is 26.9 Å². The number of benzene rings is 2. The van der Waals surface area contributed by atoms with E-state index in [1.165, 1.54) is 24.3 Å². The van der Waals surface area contributed by atoms with Crippen molar-refractivity contribution in [3.63, 3.8) is 0 Å². The Labute approximate surface area is 160 Å². The van der Waals surface area contributed by atoms with Gasteiger partial charge >= 0.3 is 15.2 Å². The molecule has 1 amide bonds. The predicted octanol–water partition coefficient (Wildman–Crippen LogP) is 1.74. The molecule has 2 aromatic carbocycles. The molecule has 0 saturated carbocycles. The van der Waals surface area contributed by atoms with Gasteiger partial charge < -0.3 is 24.9 Å². The van der Waals surface area contributed by atoms with Crippen LogP contribution in [0.1, 0.15) is 27.1 Å². The van der Waals surface area contributed by atoms with Gasteiger partial charge in [0, 0.05) is 17.5 Å². The Kier molecular flexibility index (Phi) is 7.06. The Morgan fingerprint density at radius 1 is 0.786 bits per heavy atom. The number of ketones is 1. The van der Waals surface area contributed by atoms with Crippen LogP contribution in [-0.2, 0) is 9.13 Å². The normalized spacial score (nSPS) is 13.2. The smallest absolute Gasteiger partial charge is 0.340 e. The summed E-state index contributed by atoms with van der Waals surface area (Å²) in [5.41, 5.74) is 0.299. The summed E-state index contributed by atoms with van der Waals surface area (Å²) in [6.07, 6.45) is -0.930. The van der Waals surface area contributed by atoms with E-state index in [1.807, 2.05) is 0 Å². The Morgan fingerprint density at radius 3 is 1.64 bits per heavy atom. The fraction of sp³-hybridized carbons (Fsp3) is 0.176. The molecule has 0 aliphatic carbocycles. The molecule has 0 saturated heterocycles. The van der Waals surface area contributed by atoms with Gasteiger partial charge in [-0.15, -0.1) is 0 Å². The number of carbonyl (C=O) groups excluding carboxylic acids is 2. The summed E-state index contributed by atoms with van der Waals surface area (Å²) in [6, 6.07) is 13.8. The topological polar surface area (TPSA) is 161 Å². The first-order chi connectivity index (χ1) is 13.0. The minimum absolute atomic E-state index is 0.121. The molecule has 2 rings (SSSR count). The van der Waals surface area contributed by atoms with Crippen molar-refractivity contribution in [1.82, 2.24) is 5.32 Å². The van der Waals surface area contributed by atoms with Crippen LogP contribution in [0.25, 0.3) is 0 Å². The van der Waals surface area contributed by atoms with Crippen molar-refractivity contribution in [2.24, 2.45) is 0 Å². The van der Waals surface area contributed by atoms with Crippen LogP contribution >= 0.6 is 15.2 Å². The molecule has 0 aromatic heterocycles. The summed E-state index contributed by atoms with van der Waals surface area (Å²) in [5.74, 6) is -1.44. The second-order valence-corrected chi connectivity index (χ2v) is 10.0. The van der Waals surface area contributed by atoms with Crippen molar-refractivity contribution in [3.8, 4) is 0 Å². The van der Waals surface area contributed by atoms with Crippen LogP contribution in [-0.4, -0.2) is 42.7 Å². The molecule has 0 aliphatic rings. The molecule has 28 heavy (non-hydrogen) atoms. The number of Topliss-reactive ketones (excluding diaryl/α,β-unsaturated/α-hetero) is 1. The highest BCUT2D eigenvalue weighted by Gasteiger charge is 2.46. The second-order valence-electron chi connectivity index (χ2n) is 6.02. The Balaban J connectivity index is 2.38. The first-order valence-corrected chi connectivity index (χ1v) is 11.4. The molecule has 1 atom stereocenters. The second kappa shape index (κ2) is 8.92. The molecule has 2 aromatic rings. The zero-order chi connectivity index (χ0) is 20.9. The van der Waals surface area contributed by atoms with E-state index in [0.717, 1.165) is 0 Å². The fourth-order valence-corrected chi connectivity index (χ4v) is 5.09. The van der Waals surface area contributed by atoms with E-state index >= 15 is 0 Å². The average molecular weight is 427 g/mol. The highest BCUT2D eigenvalue weighted by atomic mass is 31.2. The summed E-state index contributed by atoms with van der Waals surface area (Å²) < 4.78 is 23.2. The van der Waals surface area contributed by atoms with Gasteiger partial charge in [0.2, 0.25) is 0 Å². The molecule has 5 N–H and O–H groups in total. The van der Waals surface area contributed by atoms with Gasteiger partial charge in [0.15, 0.2) is 11.2 Å². The van der Waals surface area contributed by atoms with E-state index in [1.54, 1.807) is 36.4 Å². The van der Waals surface area contributed by atoms with Gasteiger partial charge in [0.1, 0.15) is 0 Å². The van der Waals surface area contributed by atoms with Gasteiger partial charge in [-0.1, -0.05) is 48.5 Å². The quantitative estimate of drug-likeness (QED) is 0.314. The monoisotopic (exact) mass is 427 g/mol. The molecule has 150 valence electrons. The van der Waals surface area contributed by atoms with Crippen LogP contribution in [0.2, 0.25) is 0 Å². The Hall–Kier alpha value is -2.12. The van der Waals surface area contributed by atoms with E-state index in [-0.39, 0.29) is 11.1 Å². The van der Waals surface area contributed by atoms with Gasteiger partial charge in [-0.05, 0) is 12.1 Å². The highest BCUT2D eigenvalue weighted by Crippen LogP contribution is 2.61. The average Bonchev–Trinajstić information content (AvgIpc) is 2.63. The number of nitrogens with one attached hydrogen (secondary N) is 1. The largest absolute Gasteiger partial charge is 0.342 e. The van der Waals surface area contributed by atoms with E-state index in [0.29, 0.717) is 0 Å². The van der Waals surface area contributed by atoms with Gasteiger partial charge in [-0.2, -0.15) is 0 Å². The maximum atomic E-state index is 12.8. The zero-order valence-electron chi connectivity index (χ0n) is 14.5. The predicted molar refractivity (Wildman–Crippen MR) is 101 cm³/mol. The molecular formula is C17H19NO8P2. The van der Waals surface area contributed by atoms with Crippen LogP contribution in [0, 0.1) is 0 Å². The molecule has 0 aliphatic heterocycles. The summed E-state index contributed by atoms with van der Waals surface area (Å²) in [5, 5.41) is -0.0914. The van der Waals surface area contributed by atoms with Gasteiger partial charge in [-0.25, -0.2) is 0 Å². The molecule has 0 fully saturated rings. The summed E-state index contributed by atoms with van der Waals surface area (Å²) in [7, 11) is -10.5. The van der Waals surface area contributed by atoms with Crippen molar-refractivity contribution < 1.29 is 38.3 Å². The first kappa shape index (κ1) is 22.2. The van der Waals surface area contributed by atoms with Crippen LogP contribution < -0.4 is 5.32 Å². The van der Waals surface area contributed by atoms with Gasteiger partial charge in [-0.3, -0.25) is 18.7 Å². The van der Waals surface area contributed by atoms with Crippen molar-refractivity contribution in [2.75, 3.05) is 0 Å². The molecular weight excluding hydrogens is 408 g/mol. The van der Waals surface area contributed by atoms with Gasteiger partial charge in [0.25, 0.3) is 5.91 Å². The SMILES string of the molecule is O=C(NC(CC(P(=O)(O)O)P(=O)(O)O)C(=O)c1ccccc1)c1ccccc1. The van der Waals surface area contributed by atoms with Crippen LogP contribution in [0.5, 0.6) is 0 Å². The standard InChI is InChI=1S/C17H19NO8P2/c19-16(12-7-3-1-4-8-12)14(11-15(27(21,22)23)28(24,25)26)18-17(20)13-9-5-2-6-10-13/h1-10,14-15H,11H2,(H,18,20)(H2,21,22,23)(H2,24,25,26). The maximum absolute atomic E-state index is 12.8. The van der Waals surface area contributed by atoms with Crippen LogP contribution in [0.4, 0.5) is 0 Å². The highest BCUT2D eigenvalue weighted by molar-refractivity contribution is 7.70. The third kappa shape index (κ3) is 5.94. The first-order valence-electron chi connectivity index (χ1n) is 8.06. The number of hydrogen-bond donors (Lipinski definition) is 5. The Bertz CT molecular complexity index is 901. The Morgan fingerprint density at radius 2 is 1.21 bits per heavy atom. The molecule has 1 unspecified atom stereocenters. The summed E-state index contributed by atoms with van der Waals surface area (Å²) in [4.78, 5) is 62.6. The van der Waals surface area contributed by atoms with Gasteiger partial charge in [0.05, 0.1) is 6.04 Å². The van der Waals surface area contributed by atoms with Crippen molar-refractivity contribution in [1.29, 1.82) is 0 Å². The van der Waals surface area contributed by atoms with Crippen molar-refractivity contribution in [2.45, 2.75) is 17.9 Å². The van der Waals surface area contributed by atoms with Crippen LogP contribution in [0.15, 0.2) is 60.7 Å². The molecule has 0 bridgehead atoms. The molecule has 0 spiro atoms. The minimum Gasteiger partial charge on any atom is -0.342 e. The molecule has 9 nitrogen and oxygen atoms in total. The lowest BCUT2D eigenvalue weighted by Gasteiger charge is -2.25. The van der Waals surface area contributed by atoms with E-state index in [2.05, 4.69) is 5.32 Å². The fourth-order valence-electron chi connectivity index (χ4n) is 2.55. The van der Waals surface area contributed by atoms with E-state index in [9.17, 15) is 38.3 Å². The molecule has 0 heterocycles. The summed E-state index contributed by atoms with van der Waals surface area (Å²) >= 11 is 0. The van der Waals surface area contributed by atoms with E-state index < -0.39 is 44.7 Å². The zero-order valence-corrected chi connectivity index (χ0v) is 16.2. The van der Waals surface area contributed by atoms with E-state index in [4.69, 9.17) is 0 Å². The number of amides is 1. The molecule has 0 radical (unpaired) electrons. The number of carbonyl (C=O) groups is 2. The summed E-state index contributed by atoms with van der Waals surface area (Å²) in [6.45, 7) is 0. The number of hydrogen-bond acceptors (Lipinski definition) is 4. The minimum atomic E-state index is -5.26. The maximum Gasteiger partial charge on any atom is 0.340 e. The van der Waals surface area contributed by atoms with Crippen LogP contribution in [0.3, 0.4) is 0 Å². The van der Waals surface area contributed by atoms with Crippen molar-refractivity contribution in [3.05, 3.63) is 71.8 Å².